The lowest BCUT2D eigenvalue weighted by Gasteiger charge is -2.12. The average molecular weight is 645 g/mol. The van der Waals surface area contributed by atoms with Crippen LogP contribution >= 0.6 is 11.3 Å². The number of benzene rings is 7. The molecule has 0 saturated heterocycles. The molecule has 11 aromatic rings. The normalized spacial score (nSPS) is 12.1. The van der Waals surface area contributed by atoms with Gasteiger partial charge in [-0.1, -0.05) is 109 Å². The van der Waals surface area contributed by atoms with Crippen LogP contribution in [0.25, 0.3) is 103 Å². The first kappa shape index (κ1) is 26.7. The van der Waals surface area contributed by atoms with Crippen LogP contribution in [0.4, 0.5) is 0 Å². The molecular weight excluding hydrogens is 621 g/mol. The van der Waals surface area contributed by atoms with Crippen LogP contribution < -0.4 is 0 Å². The number of fused-ring (bicyclic) bond motifs is 11. The molecule has 0 N–H and O–H groups in total. The van der Waals surface area contributed by atoms with Crippen LogP contribution in [-0.4, -0.2) is 19.5 Å². The molecule has 0 aliphatic rings. The Hall–Kier alpha value is -6.37. The zero-order valence-electron chi connectivity index (χ0n) is 26.0. The van der Waals surface area contributed by atoms with Gasteiger partial charge in [-0.25, -0.2) is 4.98 Å². The van der Waals surface area contributed by atoms with Gasteiger partial charge in [0.1, 0.15) is 11.2 Å². The van der Waals surface area contributed by atoms with Crippen molar-refractivity contribution in [2.24, 2.45) is 0 Å². The fourth-order valence-electron chi connectivity index (χ4n) is 7.46. The number of rotatable bonds is 3. The van der Waals surface area contributed by atoms with Crippen LogP contribution in [0, 0.1) is 0 Å². The number of para-hydroxylation sites is 3. The second-order valence-electron chi connectivity index (χ2n) is 12.4. The highest BCUT2D eigenvalue weighted by Crippen LogP contribution is 2.40. The van der Waals surface area contributed by atoms with E-state index in [9.17, 15) is 0 Å². The molecule has 0 amide bonds. The van der Waals surface area contributed by atoms with E-state index in [1.165, 1.54) is 25.6 Å². The van der Waals surface area contributed by atoms with Crippen LogP contribution in [0.3, 0.4) is 0 Å². The van der Waals surface area contributed by atoms with Gasteiger partial charge in [0.2, 0.25) is 5.95 Å². The molecule has 0 atom stereocenters. The third-order valence-electron chi connectivity index (χ3n) is 9.66. The fourth-order valence-corrected chi connectivity index (χ4v) is 8.70. The number of hydrogen-bond acceptors (Lipinski definition) is 5. The molecule has 5 nitrogen and oxygen atoms in total. The van der Waals surface area contributed by atoms with Gasteiger partial charge in [0.05, 0.1) is 11.0 Å². The molecule has 49 heavy (non-hydrogen) atoms. The summed E-state index contributed by atoms with van der Waals surface area (Å²) in [6.07, 6.45) is 0. The highest BCUT2D eigenvalue weighted by Gasteiger charge is 2.20. The van der Waals surface area contributed by atoms with Crippen molar-refractivity contribution >= 4 is 86.0 Å². The third kappa shape index (κ3) is 3.89. The Morgan fingerprint density at radius 2 is 1.16 bits per heavy atom. The monoisotopic (exact) mass is 644 g/mol. The quantitative estimate of drug-likeness (QED) is 0.192. The van der Waals surface area contributed by atoms with Gasteiger partial charge < -0.3 is 4.42 Å². The Morgan fingerprint density at radius 1 is 0.490 bits per heavy atom. The lowest BCUT2D eigenvalue weighted by Crippen LogP contribution is -2.06. The van der Waals surface area contributed by atoms with Crippen LogP contribution in [0.5, 0.6) is 0 Å². The van der Waals surface area contributed by atoms with Gasteiger partial charge in [0, 0.05) is 52.8 Å². The topological polar surface area (TPSA) is 56.7 Å². The summed E-state index contributed by atoms with van der Waals surface area (Å²) in [5, 5.41) is 9.31. The molecule has 0 aliphatic carbocycles. The molecule has 6 heteroatoms. The van der Waals surface area contributed by atoms with E-state index in [1.54, 1.807) is 0 Å². The second kappa shape index (κ2) is 10.1. The Labute approximate surface area is 283 Å². The molecule has 228 valence electrons. The van der Waals surface area contributed by atoms with E-state index in [0.29, 0.717) is 17.6 Å². The van der Waals surface area contributed by atoms with Gasteiger partial charge in [-0.05, 0) is 47.2 Å². The van der Waals surface area contributed by atoms with Gasteiger partial charge in [0.25, 0.3) is 0 Å². The van der Waals surface area contributed by atoms with Crippen molar-refractivity contribution in [1.82, 2.24) is 19.5 Å². The van der Waals surface area contributed by atoms with Crippen LogP contribution in [0.15, 0.2) is 150 Å². The van der Waals surface area contributed by atoms with E-state index in [-0.39, 0.29) is 0 Å². The fraction of sp³-hybridized carbons (Fsp3) is 0. The number of aromatic nitrogens is 4. The van der Waals surface area contributed by atoms with Crippen molar-refractivity contribution in [2.45, 2.75) is 0 Å². The van der Waals surface area contributed by atoms with E-state index < -0.39 is 0 Å². The first-order chi connectivity index (χ1) is 24.3. The average Bonchev–Trinajstić information content (AvgIpc) is 3.84. The van der Waals surface area contributed by atoms with Crippen LogP contribution in [-0.2, 0) is 0 Å². The SMILES string of the molecule is c1ccc2c(c1)oc1cccc(-c3nc(-c4ccc5c(ccc6c7ccccc7sc56)c4)nc(-n4c5ccccc5c5ccccc54)n3)c12. The number of thiophene rings is 1. The molecule has 4 heterocycles. The zero-order chi connectivity index (χ0) is 32.1. The van der Waals surface area contributed by atoms with E-state index in [2.05, 4.69) is 120 Å². The van der Waals surface area contributed by atoms with E-state index in [1.807, 2.05) is 41.7 Å². The van der Waals surface area contributed by atoms with E-state index in [0.717, 1.165) is 60.3 Å². The van der Waals surface area contributed by atoms with Gasteiger partial charge in [-0.3, -0.25) is 4.57 Å². The standard InChI is InChI=1S/C43H24N4OS/c1-5-15-34-28(10-1)29-11-2-6-16-35(29)47(34)43-45-41(44-42(46-43)33-14-9-18-37-39(33)32-13-3-7-17-36(32)48-37)26-21-22-27-25(24-26)20-23-31-30-12-4-8-19-38(30)49-40(27)31/h1-24H. The van der Waals surface area contributed by atoms with Crippen molar-refractivity contribution < 1.29 is 4.42 Å². The molecule has 11 rings (SSSR count). The Morgan fingerprint density at radius 3 is 2.00 bits per heavy atom. The molecular formula is C43H24N4OS. The molecule has 4 aromatic heterocycles. The minimum atomic E-state index is 0.572. The first-order valence-corrected chi connectivity index (χ1v) is 17.1. The van der Waals surface area contributed by atoms with Gasteiger partial charge in [-0.15, -0.1) is 11.3 Å². The lowest BCUT2D eigenvalue weighted by molar-refractivity contribution is 0.669. The predicted molar refractivity (Wildman–Crippen MR) is 203 cm³/mol. The first-order valence-electron chi connectivity index (χ1n) is 16.3. The molecule has 0 aliphatic heterocycles. The largest absolute Gasteiger partial charge is 0.456 e. The van der Waals surface area contributed by atoms with Gasteiger partial charge >= 0.3 is 0 Å². The van der Waals surface area contributed by atoms with Crippen molar-refractivity contribution in [2.75, 3.05) is 0 Å². The van der Waals surface area contributed by atoms with Crippen LogP contribution in [0.1, 0.15) is 0 Å². The highest BCUT2D eigenvalue weighted by atomic mass is 32.1. The summed E-state index contributed by atoms with van der Waals surface area (Å²) in [4.78, 5) is 15.7. The summed E-state index contributed by atoms with van der Waals surface area (Å²) in [6.45, 7) is 0. The number of furan rings is 1. The van der Waals surface area contributed by atoms with Gasteiger partial charge in [0.15, 0.2) is 11.6 Å². The number of nitrogens with zero attached hydrogens (tertiary/aromatic N) is 4. The zero-order valence-corrected chi connectivity index (χ0v) is 26.8. The van der Waals surface area contributed by atoms with Crippen molar-refractivity contribution in [1.29, 1.82) is 0 Å². The van der Waals surface area contributed by atoms with Crippen LogP contribution in [0.2, 0.25) is 0 Å². The molecule has 7 aromatic carbocycles. The smallest absolute Gasteiger partial charge is 0.238 e. The highest BCUT2D eigenvalue weighted by molar-refractivity contribution is 7.26. The summed E-state index contributed by atoms with van der Waals surface area (Å²) >= 11 is 1.84. The summed E-state index contributed by atoms with van der Waals surface area (Å²) in [6, 6.07) is 50.8. The minimum Gasteiger partial charge on any atom is -0.456 e. The summed E-state index contributed by atoms with van der Waals surface area (Å²) < 4.78 is 11.0. The third-order valence-corrected chi connectivity index (χ3v) is 10.9. The summed E-state index contributed by atoms with van der Waals surface area (Å²) in [7, 11) is 0. The van der Waals surface area contributed by atoms with Crippen molar-refractivity contribution in [3.8, 4) is 28.7 Å². The summed E-state index contributed by atoms with van der Waals surface area (Å²) in [5.41, 5.74) is 5.57. The van der Waals surface area contributed by atoms with Crippen molar-refractivity contribution in [3.63, 3.8) is 0 Å². The Balaban J connectivity index is 1.20. The summed E-state index contributed by atoms with van der Waals surface area (Å²) in [5.74, 6) is 1.78. The molecule has 0 fully saturated rings. The Kier molecular flexibility index (Phi) is 5.48. The Bertz CT molecular complexity index is 3080. The van der Waals surface area contributed by atoms with E-state index in [4.69, 9.17) is 19.4 Å². The second-order valence-corrected chi connectivity index (χ2v) is 13.5. The van der Waals surface area contributed by atoms with Crippen molar-refractivity contribution in [3.05, 3.63) is 146 Å². The van der Waals surface area contributed by atoms with Gasteiger partial charge in [-0.2, -0.15) is 9.97 Å². The molecule has 0 spiro atoms. The minimum absolute atomic E-state index is 0.572. The lowest BCUT2D eigenvalue weighted by atomic mass is 10.0. The maximum atomic E-state index is 6.28. The van der Waals surface area contributed by atoms with E-state index >= 15 is 0 Å². The molecule has 0 unspecified atom stereocenters. The molecule has 0 saturated carbocycles. The molecule has 0 radical (unpaired) electrons. The predicted octanol–water partition coefficient (Wildman–Crippen LogP) is 11.7. The number of hydrogen-bond donors (Lipinski definition) is 0. The maximum Gasteiger partial charge on any atom is 0.238 e. The molecule has 0 bridgehead atoms. The maximum absolute atomic E-state index is 6.28.